The van der Waals surface area contributed by atoms with Crippen molar-refractivity contribution < 1.29 is 9.53 Å². The fraction of sp³-hybridized carbons (Fsp3) is 0.818. The van der Waals surface area contributed by atoms with Crippen LogP contribution in [0.2, 0.25) is 0 Å². The van der Waals surface area contributed by atoms with Gasteiger partial charge in [-0.1, -0.05) is 0 Å². The third-order valence-corrected chi connectivity index (χ3v) is 2.73. The first-order chi connectivity index (χ1) is 7.72. The number of nitriles is 1. The predicted molar refractivity (Wildman–Crippen MR) is 59.4 cm³/mol. The summed E-state index contributed by atoms with van der Waals surface area (Å²) in [5, 5.41) is 10.9. The van der Waals surface area contributed by atoms with Crippen LogP contribution in [0, 0.1) is 11.3 Å². The molecule has 0 aromatic heterocycles. The number of nitrogens with one attached hydrogen (secondary N) is 1. The molecule has 1 aliphatic carbocycles. The monoisotopic (exact) mass is 225 g/mol. The molecule has 0 spiro atoms. The smallest absolute Gasteiger partial charge is 0.246 e. The number of carbonyl (C=O) groups excluding carboxylic acids is 1. The van der Waals surface area contributed by atoms with E-state index in [1.807, 2.05) is 6.07 Å². The maximum atomic E-state index is 11.3. The van der Waals surface area contributed by atoms with Gasteiger partial charge in [0.05, 0.1) is 18.6 Å². The Morgan fingerprint density at radius 1 is 1.44 bits per heavy atom. The molecule has 1 fully saturated rings. The lowest BCUT2D eigenvalue weighted by Gasteiger charge is -2.25. The Morgan fingerprint density at radius 2 is 2.12 bits per heavy atom. The lowest BCUT2D eigenvalue weighted by Crippen LogP contribution is -2.34. The fourth-order valence-electron chi connectivity index (χ4n) is 1.76. The third-order valence-electron chi connectivity index (χ3n) is 2.73. The van der Waals surface area contributed by atoms with Gasteiger partial charge in [-0.3, -0.25) is 4.79 Å². The van der Waals surface area contributed by atoms with Gasteiger partial charge in [-0.05, 0) is 25.7 Å². The van der Waals surface area contributed by atoms with Crippen LogP contribution in [0.15, 0.2) is 0 Å². The molecule has 0 bridgehead atoms. The van der Waals surface area contributed by atoms with Crippen molar-refractivity contribution in [2.45, 2.75) is 44.2 Å². The maximum Gasteiger partial charge on any atom is 0.246 e. The Labute approximate surface area is 95.9 Å². The van der Waals surface area contributed by atoms with E-state index >= 15 is 0 Å². The van der Waals surface area contributed by atoms with Gasteiger partial charge in [-0.2, -0.15) is 5.26 Å². The molecule has 0 unspecified atom stereocenters. The number of ether oxygens (including phenoxy) is 1. The van der Waals surface area contributed by atoms with Gasteiger partial charge in [-0.25, -0.2) is 0 Å². The molecule has 5 nitrogen and oxygen atoms in total. The van der Waals surface area contributed by atoms with Crippen molar-refractivity contribution in [3.63, 3.8) is 0 Å². The molecule has 0 radical (unpaired) electrons. The minimum absolute atomic E-state index is 0.0886. The second-order valence-corrected chi connectivity index (χ2v) is 4.11. The van der Waals surface area contributed by atoms with Gasteiger partial charge >= 0.3 is 0 Å². The van der Waals surface area contributed by atoms with Crippen molar-refractivity contribution in [3.05, 3.63) is 0 Å². The highest BCUT2D eigenvalue weighted by molar-refractivity contribution is 5.77. The zero-order valence-corrected chi connectivity index (χ0v) is 9.45. The van der Waals surface area contributed by atoms with Gasteiger partial charge in [0.15, 0.2) is 0 Å². The van der Waals surface area contributed by atoms with Gasteiger partial charge in [-0.15, -0.1) is 0 Å². The molecule has 1 amide bonds. The Hall–Kier alpha value is -1.12. The summed E-state index contributed by atoms with van der Waals surface area (Å²) < 4.78 is 5.47. The van der Waals surface area contributed by atoms with Crippen LogP contribution in [0.1, 0.15) is 32.1 Å². The molecular formula is C11H19N3O2. The van der Waals surface area contributed by atoms with E-state index in [-0.39, 0.29) is 18.6 Å². The number of nitrogens with two attached hydrogens (primary N) is 1. The molecular weight excluding hydrogens is 206 g/mol. The number of carbonyl (C=O) groups is 1. The van der Waals surface area contributed by atoms with E-state index in [4.69, 9.17) is 15.7 Å². The van der Waals surface area contributed by atoms with E-state index in [0.717, 1.165) is 25.7 Å². The first-order valence-corrected chi connectivity index (χ1v) is 5.73. The Morgan fingerprint density at radius 3 is 2.75 bits per heavy atom. The summed E-state index contributed by atoms with van der Waals surface area (Å²) in [6, 6.07) is 2.26. The van der Waals surface area contributed by atoms with Gasteiger partial charge in [0, 0.05) is 12.6 Å². The molecule has 0 saturated heterocycles. The highest BCUT2D eigenvalue weighted by Crippen LogP contribution is 2.19. The summed E-state index contributed by atoms with van der Waals surface area (Å²) in [5.41, 5.74) is 5.77. The molecule has 5 heteroatoms. The number of rotatable bonds is 5. The number of hydrogen-bond donors (Lipinski definition) is 2. The minimum atomic E-state index is -0.148. The molecule has 0 atom stereocenters. The standard InChI is InChI=1S/C11H19N3O2/c12-6-1-7-14-11(15)8-16-10-4-2-9(13)3-5-10/h9-10H,1-5,7-8,13H2,(H,14,15). The lowest BCUT2D eigenvalue weighted by molar-refractivity contribution is -0.128. The average Bonchev–Trinajstić information content (AvgIpc) is 2.29. The zero-order chi connectivity index (χ0) is 11.8. The number of amides is 1. The SMILES string of the molecule is N#CCCNC(=O)COC1CCC(N)CC1. The molecule has 1 rings (SSSR count). The van der Waals surface area contributed by atoms with E-state index in [0.29, 0.717) is 19.0 Å². The lowest BCUT2D eigenvalue weighted by atomic mass is 9.94. The molecule has 3 N–H and O–H groups in total. The Bertz CT molecular complexity index is 254. The highest BCUT2D eigenvalue weighted by atomic mass is 16.5. The van der Waals surface area contributed by atoms with E-state index < -0.39 is 0 Å². The first kappa shape index (κ1) is 12.9. The summed E-state index contributed by atoms with van der Waals surface area (Å²) in [6.45, 7) is 0.486. The Kier molecular flexibility index (Phi) is 5.83. The topological polar surface area (TPSA) is 88.1 Å². The van der Waals surface area contributed by atoms with Crippen molar-refractivity contribution in [2.75, 3.05) is 13.2 Å². The molecule has 90 valence electrons. The van der Waals surface area contributed by atoms with Crippen molar-refractivity contribution in [3.8, 4) is 6.07 Å². The maximum absolute atomic E-state index is 11.3. The molecule has 1 aliphatic rings. The summed E-state index contributed by atoms with van der Waals surface area (Å²) >= 11 is 0. The van der Waals surface area contributed by atoms with Crippen LogP contribution in [-0.2, 0) is 9.53 Å². The van der Waals surface area contributed by atoms with Crippen molar-refractivity contribution >= 4 is 5.91 Å². The summed E-state index contributed by atoms with van der Waals surface area (Å²) in [5.74, 6) is -0.148. The van der Waals surface area contributed by atoms with Crippen LogP contribution in [0.5, 0.6) is 0 Å². The second-order valence-electron chi connectivity index (χ2n) is 4.11. The van der Waals surface area contributed by atoms with E-state index in [1.54, 1.807) is 0 Å². The minimum Gasteiger partial charge on any atom is -0.368 e. The van der Waals surface area contributed by atoms with Gasteiger partial charge in [0.2, 0.25) is 5.91 Å². The average molecular weight is 225 g/mol. The highest BCUT2D eigenvalue weighted by Gasteiger charge is 2.19. The van der Waals surface area contributed by atoms with Gasteiger partial charge in [0.25, 0.3) is 0 Å². The zero-order valence-electron chi connectivity index (χ0n) is 9.45. The summed E-state index contributed by atoms with van der Waals surface area (Å²) in [4.78, 5) is 11.3. The van der Waals surface area contributed by atoms with Gasteiger partial charge in [0.1, 0.15) is 6.61 Å². The van der Waals surface area contributed by atoms with E-state index in [2.05, 4.69) is 5.32 Å². The van der Waals surface area contributed by atoms with Crippen LogP contribution in [0.3, 0.4) is 0 Å². The second kappa shape index (κ2) is 7.20. The van der Waals surface area contributed by atoms with Crippen LogP contribution in [0.25, 0.3) is 0 Å². The van der Waals surface area contributed by atoms with Crippen molar-refractivity contribution in [1.82, 2.24) is 5.32 Å². The quantitative estimate of drug-likeness (QED) is 0.659. The van der Waals surface area contributed by atoms with Crippen molar-refractivity contribution in [1.29, 1.82) is 5.26 Å². The molecule has 0 aromatic rings. The predicted octanol–water partition coefficient (Wildman–Crippen LogP) is 0.303. The van der Waals surface area contributed by atoms with Crippen LogP contribution >= 0.6 is 0 Å². The largest absolute Gasteiger partial charge is 0.368 e. The third kappa shape index (κ3) is 5.10. The first-order valence-electron chi connectivity index (χ1n) is 5.73. The van der Waals surface area contributed by atoms with Gasteiger partial charge < -0.3 is 15.8 Å². The van der Waals surface area contributed by atoms with Crippen molar-refractivity contribution in [2.24, 2.45) is 5.73 Å². The molecule has 0 heterocycles. The molecule has 0 aromatic carbocycles. The van der Waals surface area contributed by atoms with Crippen LogP contribution < -0.4 is 11.1 Å². The fourth-order valence-corrected chi connectivity index (χ4v) is 1.76. The normalized spacial score (nSPS) is 24.8. The van der Waals surface area contributed by atoms with E-state index in [9.17, 15) is 4.79 Å². The Balaban J connectivity index is 2.05. The summed E-state index contributed by atoms with van der Waals surface area (Å²) in [6.07, 6.45) is 4.33. The van der Waals surface area contributed by atoms with Crippen LogP contribution in [0.4, 0.5) is 0 Å². The molecule has 0 aliphatic heterocycles. The summed E-state index contributed by atoms with van der Waals surface area (Å²) in [7, 11) is 0. The van der Waals surface area contributed by atoms with Crippen LogP contribution in [-0.4, -0.2) is 31.2 Å². The molecule has 1 saturated carbocycles. The number of nitrogens with zero attached hydrogens (tertiary/aromatic N) is 1. The number of hydrogen-bond acceptors (Lipinski definition) is 4. The molecule has 16 heavy (non-hydrogen) atoms. The van der Waals surface area contributed by atoms with E-state index in [1.165, 1.54) is 0 Å².